The molecule has 12 nitrogen and oxygen atoms in total. The van der Waals surface area contributed by atoms with Crippen LogP contribution in [0.2, 0.25) is 5.02 Å². The van der Waals surface area contributed by atoms with Gasteiger partial charge in [-0.05, 0) is 55.7 Å². The monoisotopic (exact) mass is 667 g/mol. The second kappa shape index (κ2) is 16.5. The Hall–Kier alpha value is -3.61. The second-order valence-corrected chi connectivity index (χ2v) is 13.4. The first-order chi connectivity index (χ1) is 22.7. The van der Waals surface area contributed by atoms with Crippen molar-refractivity contribution in [3.05, 3.63) is 59.1 Å². The molecule has 3 aliphatic rings. The molecular weight excluding hydrogens is 622 g/mol. The molecule has 2 saturated carbocycles. The van der Waals surface area contributed by atoms with Gasteiger partial charge in [0.1, 0.15) is 17.8 Å². The summed E-state index contributed by atoms with van der Waals surface area (Å²) in [5, 5.41) is 20.3. The normalized spacial score (nSPS) is 20.9. The standard InChI is InChI=1S/C34H46ClN7O5/c1-2-6-26(30(43)33(46)38-25-13-14-25)39-32(45)28-21-42(18-17-41(28)20-22-9-11-24(35)12-10-22)34(47)29(23-7-4-3-5-8-23)40-31(44)27-19-36-15-16-37-27/h9-12,15-16,19,23,25-26,28-30,43H,2-8,13-14,17-18,20-21H2,1H3,(H,38,46)(H,39,45)(H,40,44)/t26-,28+,29-,30?/m0/s1. The summed E-state index contributed by atoms with van der Waals surface area (Å²) in [5.41, 5.74) is 1.09. The first kappa shape index (κ1) is 34.7. The number of rotatable bonds is 13. The van der Waals surface area contributed by atoms with Gasteiger partial charge in [-0.2, -0.15) is 0 Å². The highest BCUT2D eigenvalue weighted by molar-refractivity contribution is 6.30. The Bertz CT molecular complexity index is 1370. The summed E-state index contributed by atoms with van der Waals surface area (Å²) >= 11 is 6.12. The van der Waals surface area contributed by atoms with E-state index < -0.39 is 36.0 Å². The summed E-state index contributed by atoms with van der Waals surface area (Å²) in [6.45, 7) is 3.23. The predicted molar refractivity (Wildman–Crippen MR) is 176 cm³/mol. The zero-order valence-corrected chi connectivity index (χ0v) is 27.7. The highest BCUT2D eigenvalue weighted by Crippen LogP contribution is 2.29. The van der Waals surface area contributed by atoms with Crippen LogP contribution in [0.3, 0.4) is 0 Å². The molecule has 2 aliphatic carbocycles. The third-order valence-corrected chi connectivity index (χ3v) is 9.63. The SMILES string of the molecule is CCC[C@H](NC(=O)[C@H]1CN(C(=O)[C@@H](NC(=O)c2cnccn2)C2CCCCC2)CCN1Cc1ccc(Cl)cc1)C(O)C(=O)NC1CC1. The van der Waals surface area contributed by atoms with Crippen molar-refractivity contribution in [2.45, 2.75) is 102 Å². The fourth-order valence-corrected chi connectivity index (χ4v) is 6.68. The minimum Gasteiger partial charge on any atom is -0.381 e. The highest BCUT2D eigenvalue weighted by atomic mass is 35.5. The van der Waals surface area contributed by atoms with Gasteiger partial charge in [-0.25, -0.2) is 4.98 Å². The molecule has 254 valence electrons. The Balaban J connectivity index is 1.35. The maximum absolute atomic E-state index is 14.3. The molecule has 13 heteroatoms. The largest absolute Gasteiger partial charge is 0.381 e. The highest BCUT2D eigenvalue weighted by Gasteiger charge is 2.41. The smallest absolute Gasteiger partial charge is 0.272 e. The molecule has 1 saturated heterocycles. The van der Waals surface area contributed by atoms with E-state index >= 15 is 0 Å². The average Bonchev–Trinajstić information content (AvgIpc) is 3.92. The van der Waals surface area contributed by atoms with Crippen LogP contribution in [0.4, 0.5) is 0 Å². The molecule has 4 N–H and O–H groups in total. The quantitative estimate of drug-likeness (QED) is 0.254. The number of nitrogens with one attached hydrogen (secondary N) is 3. The molecule has 4 atom stereocenters. The fraction of sp³-hybridized carbons (Fsp3) is 0.588. The van der Waals surface area contributed by atoms with Crippen LogP contribution in [0.25, 0.3) is 0 Å². The number of aromatic nitrogens is 2. The predicted octanol–water partition coefficient (Wildman–Crippen LogP) is 2.45. The summed E-state index contributed by atoms with van der Waals surface area (Å²) in [5.74, 6) is -1.58. The molecule has 1 unspecified atom stereocenters. The molecular formula is C34H46ClN7O5. The lowest BCUT2D eigenvalue weighted by Crippen LogP contribution is -2.64. The van der Waals surface area contributed by atoms with Gasteiger partial charge in [0.05, 0.1) is 12.2 Å². The van der Waals surface area contributed by atoms with Gasteiger partial charge >= 0.3 is 0 Å². The summed E-state index contributed by atoms with van der Waals surface area (Å²) in [6, 6.07) is 5.18. The van der Waals surface area contributed by atoms with Crippen molar-refractivity contribution in [2.24, 2.45) is 5.92 Å². The number of aliphatic hydroxyl groups excluding tert-OH is 1. The Morgan fingerprint density at radius 1 is 1.00 bits per heavy atom. The number of carbonyl (C=O) groups is 4. The van der Waals surface area contributed by atoms with Crippen LogP contribution in [0.15, 0.2) is 42.9 Å². The fourth-order valence-electron chi connectivity index (χ4n) is 6.56. The molecule has 1 aromatic heterocycles. The average molecular weight is 668 g/mol. The summed E-state index contributed by atoms with van der Waals surface area (Å²) in [4.78, 5) is 66.0. The molecule has 1 aliphatic heterocycles. The third-order valence-electron chi connectivity index (χ3n) is 9.37. The Labute approximate surface area is 281 Å². The maximum Gasteiger partial charge on any atom is 0.272 e. The second-order valence-electron chi connectivity index (χ2n) is 13.0. The van der Waals surface area contributed by atoms with Crippen molar-refractivity contribution in [3.8, 4) is 0 Å². The molecule has 2 heterocycles. The van der Waals surface area contributed by atoms with E-state index in [2.05, 4.69) is 25.9 Å². The summed E-state index contributed by atoms with van der Waals surface area (Å²) < 4.78 is 0. The molecule has 0 bridgehead atoms. The van der Waals surface area contributed by atoms with Crippen LogP contribution >= 0.6 is 11.6 Å². The Morgan fingerprint density at radius 2 is 1.74 bits per heavy atom. The van der Waals surface area contributed by atoms with E-state index in [0.717, 1.165) is 50.5 Å². The van der Waals surface area contributed by atoms with Gasteiger partial charge in [0.25, 0.3) is 11.8 Å². The number of piperazine rings is 1. The molecule has 47 heavy (non-hydrogen) atoms. The van der Waals surface area contributed by atoms with Crippen molar-refractivity contribution >= 4 is 35.2 Å². The number of hydrogen-bond acceptors (Lipinski definition) is 8. The van der Waals surface area contributed by atoms with Gasteiger partial charge in [-0.15, -0.1) is 0 Å². The maximum atomic E-state index is 14.3. The zero-order chi connectivity index (χ0) is 33.3. The summed E-state index contributed by atoms with van der Waals surface area (Å²) in [7, 11) is 0. The van der Waals surface area contributed by atoms with Gasteiger partial charge in [-0.3, -0.25) is 29.1 Å². The first-order valence-corrected chi connectivity index (χ1v) is 17.2. The van der Waals surface area contributed by atoms with E-state index in [-0.39, 0.29) is 36.0 Å². The van der Waals surface area contributed by atoms with E-state index in [4.69, 9.17) is 11.6 Å². The van der Waals surface area contributed by atoms with Gasteiger partial charge < -0.3 is 26.0 Å². The topological polar surface area (TPSA) is 157 Å². The zero-order valence-electron chi connectivity index (χ0n) is 26.9. The van der Waals surface area contributed by atoms with E-state index in [1.165, 1.54) is 18.6 Å². The lowest BCUT2D eigenvalue weighted by molar-refractivity contribution is -0.142. The van der Waals surface area contributed by atoms with Crippen molar-refractivity contribution in [3.63, 3.8) is 0 Å². The number of nitrogens with zero attached hydrogens (tertiary/aromatic N) is 4. The third kappa shape index (κ3) is 9.48. The number of amides is 4. The van der Waals surface area contributed by atoms with Gasteiger partial charge in [0, 0.05) is 49.6 Å². The summed E-state index contributed by atoms with van der Waals surface area (Å²) in [6.07, 6.45) is 10.4. The number of carbonyl (C=O) groups excluding carboxylic acids is 4. The van der Waals surface area contributed by atoms with Crippen molar-refractivity contribution in [2.75, 3.05) is 19.6 Å². The molecule has 0 radical (unpaired) electrons. The Kier molecular flexibility index (Phi) is 12.2. The van der Waals surface area contributed by atoms with Gasteiger partial charge in [0.15, 0.2) is 6.10 Å². The van der Waals surface area contributed by atoms with Crippen LogP contribution < -0.4 is 16.0 Å². The molecule has 5 rings (SSSR count). The van der Waals surface area contributed by atoms with Gasteiger partial charge in [-0.1, -0.05) is 56.3 Å². The minimum atomic E-state index is -1.39. The molecule has 0 spiro atoms. The van der Waals surface area contributed by atoms with Crippen LogP contribution in [0, 0.1) is 5.92 Å². The lowest BCUT2D eigenvalue weighted by Gasteiger charge is -2.43. The van der Waals surface area contributed by atoms with Crippen LogP contribution in [-0.4, -0.2) is 98.4 Å². The molecule has 1 aromatic carbocycles. The van der Waals surface area contributed by atoms with Crippen molar-refractivity contribution in [1.29, 1.82) is 0 Å². The van der Waals surface area contributed by atoms with Crippen molar-refractivity contribution in [1.82, 2.24) is 35.7 Å². The van der Waals surface area contributed by atoms with Crippen LogP contribution in [-0.2, 0) is 20.9 Å². The molecule has 2 aromatic rings. The molecule has 4 amide bonds. The number of hydrogen-bond donors (Lipinski definition) is 4. The van der Waals surface area contributed by atoms with Crippen LogP contribution in [0.1, 0.15) is 80.8 Å². The minimum absolute atomic E-state index is 0.0368. The lowest BCUT2D eigenvalue weighted by atomic mass is 9.83. The van der Waals surface area contributed by atoms with Crippen molar-refractivity contribution < 1.29 is 24.3 Å². The Morgan fingerprint density at radius 3 is 2.40 bits per heavy atom. The van der Waals surface area contributed by atoms with E-state index in [9.17, 15) is 24.3 Å². The first-order valence-electron chi connectivity index (χ1n) is 16.9. The van der Waals surface area contributed by atoms with E-state index in [0.29, 0.717) is 37.5 Å². The van der Waals surface area contributed by atoms with Crippen LogP contribution in [0.5, 0.6) is 0 Å². The number of halogens is 1. The van der Waals surface area contributed by atoms with Gasteiger partial charge in [0.2, 0.25) is 11.8 Å². The molecule has 3 fully saturated rings. The van der Waals surface area contributed by atoms with E-state index in [1.54, 1.807) is 17.0 Å². The van der Waals surface area contributed by atoms with E-state index in [1.807, 2.05) is 24.0 Å². The number of aliphatic hydroxyl groups is 1. The number of benzene rings is 1.